The van der Waals surface area contributed by atoms with Gasteiger partial charge in [-0.05, 0) is 61.9 Å². The number of methoxy groups -OCH3 is 1. The summed E-state index contributed by atoms with van der Waals surface area (Å²) in [6, 6.07) is 11.8. The van der Waals surface area contributed by atoms with Crippen molar-refractivity contribution in [2.75, 3.05) is 25.6 Å². The first-order valence-corrected chi connectivity index (χ1v) is 8.78. The third-order valence-corrected chi connectivity index (χ3v) is 3.96. The number of nitrogens with one attached hydrogen (secondary N) is 1. The van der Waals surface area contributed by atoms with E-state index in [0.29, 0.717) is 28.6 Å². The molecule has 0 bridgehead atoms. The number of hydrogen-bond donors (Lipinski definition) is 1. The number of anilines is 1. The molecule has 1 atom stereocenters. The van der Waals surface area contributed by atoms with Gasteiger partial charge in [0.1, 0.15) is 12.4 Å². The maximum atomic E-state index is 12.4. The number of amides is 1. The van der Waals surface area contributed by atoms with Crippen LogP contribution in [0.15, 0.2) is 42.5 Å². The van der Waals surface area contributed by atoms with E-state index in [1.54, 1.807) is 49.4 Å². The highest BCUT2D eigenvalue weighted by Crippen LogP contribution is 2.21. The van der Waals surface area contributed by atoms with Crippen LogP contribution in [0, 0.1) is 6.92 Å². The zero-order valence-electron chi connectivity index (χ0n) is 15.5. The van der Waals surface area contributed by atoms with E-state index in [0.717, 1.165) is 5.56 Å². The van der Waals surface area contributed by atoms with Crippen LogP contribution >= 0.6 is 11.6 Å². The van der Waals surface area contributed by atoms with E-state index in [4.69, 9.17) is 25.8 Å². The number of rotatable bonds is 8. The highest BCUT2D eigenvalue weighted by atomic mass is 35.5. The summed E-state index contributed by atoms with van der Waals surface area (Å²) in [5, 5.41) is 3.45. The van der Waals surface area contributed by atoms with Crippen molar-refractivity contribution in [1.82, 2.24) is 0 Å². The van der Waals surface area contributed by atoms with Crippen LogP contribution < -0.4 is 10.1 Å². The van der Waals surface area contributed by atoms with Crippen molar-refractivity contribution in [3.05, 3.63) is 58.6 Å². The number of halogens is 1. The fourth-order valence-corrected chi connectivity index (χ4v) is 2.47. The Kier molecular flexibility index (Phi) is 7.64. The SMILES string of the molecule is COCCOC(=O)C(C)Oc1ccc(C(=O)Nc2ccc(Cl)cc2C)cc1. The largest absolute Gasteiger partial charge is 0.479 e. The summed E-state index contributed by atoms with van der Waals surface area (Å²) in [5.41, 5.74) is 2.03. The van der Waals surface area contributed by atoms with Crippen LogP contribution in [0.2, 0.25) is 5.02 Å². The molecule has 0 radical (unpaired) electrons. The lowest BCUT2D eigenvalue weighted by Gasteiger charge is -2.14. The van der Waals surface area contributed by atoms with Crippen LogP contribution in [0.4, 0.5) is 5.69 Å². The zero-order chi connectivity index (χ0) is 19.8. The predicted octanol–water partition coefficient (Wildman–Crippen LogP) is 3.86. The molecular formula is C20H22ClNO5. The number of benzene rings is 2. The van der Waals surface area contributed by atoms with Crippen molar-refractivity contribution in [1.29, 1.82) is 0 Å². The lowest BCUT2D eigenvalue weighted by atomic mass is 10.1. The lowest BCUT2D eigenvalue weighted by molar-refractivity contribution is -0.152. The molecule has 0 saturated carbocycles. The Balaban J connectivity index is 1.93. The third-order valence-electron chi connectivity index (χ3n) is 3.73. The molecule has 0 aliphatic rings. The van der Waals surface area contributed by atoms with Crippen LogP contribution in [0.1, 0.15) is 22.8 Å². The first kappa shape index (κ1) is 20.7. The Morgan fingerprint density at radius 2 is 1.81 bits per heavy atom. The number of aryl methyl sites for hydroxylation is 1. The minimum Gasteiger partial charge on any atom is -0.479 e. The molecule has 0 aliphatic carbocycles. The van der Waals surface area contributed by atoms with Crippen molar-refractivity contribution in [3.63, 3.8) is 0 Å². The second-order valence-corrected chi connectivity index (χ2v) is 6.29. The second kappa shape index (κ2) is 9.94. The maximum absolute atomic E-state index is 12.4. The number of carbonyl (C=O) groups excluding carboxylic acids is 2. The van der Waals surface area contributed by atoms with Gasteiger partial charge in [-0.2, -0.15) is 0 Å². The molecule has 0 aliphatic heterocycles. The third kappa shape index (κ3) is 6.27. The number of esters is 1. The average Bonchev–Trinajstić information content (AvgIpc) is 2.64. The number of hydrogen-bond acceptors (Lipinski definition) is 5. The molecule has 0 saturated heterocycles. The normalized spacial score (nSPS) is 11.6. The molecule has 1 amide bonds. The molecule has 0 fully saturated rings. The van der Waals surface area contributed by atoms with E-state index in [2.05, 4.69) is 5.32 Å². The van der Waals surface area contributed by atoms with Gasteiger partial charge >= 0.3 is 5.97 Å². The quantitative estimate of drug-likeness (QED) is 0.546. The number of ether oxygens (including phenoxy) is 3. The van der Waals surface area contributed by atoms with E-state index < -0.39 is 12.1 Å². The van der Waals surface area contributed by atoms with E-state index in [1.165, 1.54) is 7.11 Å². The summed E-state index contributed by atoms with van der Waals surface area (Å²) in [5.74, 6) is -0.267. The molecule has 0 heterocycles. The summed E-state index contributed by atoms with van der Waals surface area (Å²) >= 11 is 5.92. The lowest BCUT2D eigenvalue weighted by Crippen LogP contribution is -2.27. The molecule has 2 rings (SSSR count). The van der Waals surface area contributed by atoms with Gasteiger partial charge in [-0.15, -0.1) is 0 Å². The first-order valence-electron chi connectivity index (χ1n) is 8.40. The minimum atomic E-state index is -0.766. The van der Waals surface area contributed by atoms with Crippen molar-refractivity contribution in [2.24, 2.45) is 0 Å². The van der Waals surface area contributed by atoms with E-state index >= 15 is 0 Å². The van der Waals surface area contributed by atoms with Gasteiger partial charge in [0.2, 0.25) is 0 Å². The average molecular weight is 392 g/mol. The first-order chi connectivity index (χ1) is 12.9. The molecular weight excluding hydrogens is 370 g/mol. The van der Waals surface area contributed by atoms with Crippen LogP contribution in [0.3, 0.4) is 0 Å². The van der Waals surface area contributed by atoms with E-state index in [9.17, 15) is 9.59 Å². The highest BCUT2D eigenvalue weighted by Gasteiger charge is 2.16. The fraction of sp³-hybridized carbons (Fsp3) is 0.300. The Hall–Kier alpha value is -2.57. The Labute approximate surface area is 163 Å². The fourth-order valence-electron chi connectivity index (χ4n) is 2.24. The van der Waals surface area contributed by atoms with Crippen LogP contribution in [-0.4, -0.2) is 38.3 Å². The zero-order valence-corrected chi connectivity index (χ0v) is 16.2. The Morgan fingerprint density at radius 1 is 1.11 bits per heavy atom. The molecule has 1 N–H and O–H groups in total. The molecule has 7 heteroatoms. The molecule has 27 heavy (non-hydrogen) atoms. The molecule has 6 nitrogen and oxygen atoms in total. The summed E-state index contributed by atoms with van der Waals surface area (Å²) in [7, 11) is 1.53. The van der Waals surface area contributed by atoms with Gasteiger partial charge in [0.05, 0.1) is 6.61 Å². The molecule has 0 spiro atoms. The highest BCUT2D eigenvalue weighted by molar-refractivity contribution is 6.30. The summed E-state index contributed by atoms with van der Waals surface area (Å²) in [6.45, 7) is 3.96. The van der Waals surface area contributed by atoms with Gasteiger partial charge < -0.3 is 19.5 Å². The van der Waals surface area contributed by atoms with Gasteiger partial charge in [-0.25, -0.2) is 4.79 Å². The predicted molar refractivity (Wildman–Crippen MR) is 104 cm³/mol. The van der Waals surface area contributed by atoms with Crippen LogP contribution in [-0.2, 0) is 14.3 Å². The standard InChI is InChI=1S/C20H22ClNO5/c1-13-12-16(21)6-9-18(13)22-19(23)15-4-7-17(8-5-15)27-14(2)20(24)26-11-10-25-3/h4-9,12,14H,10-11H2,1-3H3,(H,22,23). The van der Waals surface area contributed by atoms with Crippen molar-refractivity contribution >= 4 is 29.2 Å². The smallest absolute Gasteiger partial charge is 0.347 e. The summed E-state index contributed by atoms with van der Waals surface area (Å²) in [6.07, 6.45) is -0.766. The molecule has 0 aromatic heterocycles. The van der Waals surface area contributed by atoms with E-state index in [-0.39, 0.29) is 12.5 Å². The van der Waals surface area contributed by atoms with Crippen molar-refractivity contribution in [3.8, 4) is 5.75 Å². The van der Waals surface area contributed by atoms with Crippen molar-refractivity contribution < 1.29 is 23.8 Å². The van der Waals surface area contributed by atoms with Gasteiger partial charge in [0, 0.05) is 23.4 Å². The summed E-state index contributed by atoms with van der Waals surface area (Å²) in [4.78, 5) is 24.1. The number of carbonyl (C=O) groups is 2. The minimum absolute atomic E-state index is 0.173. The Bertz CT molecular complexity index is 791. The monoisotopic (exact) mass is 391 g/mol. The molecule has 144 valence electrons. The topological polar surface area (TPSA) is 73.9 Å². The Morgan fingerprint density at radius 3 is 2.44 bits per heavy atom. The van der Waals surface area contributed by atoms with Gasteiger partial charge in [-0.3, -0.25) is 4.79 Å². The van der Waals surface area contributed by atoms with Gasteiger partial charge in [0.15, 0.2) is 6.10 Å². The van der Waals surface area contributed by atoms with Gasteiger partial charge in [0.25, 0.3) is 5.91 Å². The second-order valence-electron chi connectivity index (χ2n) is 5.86. The molecule has 2 aromatic rings. The van der Waals surface area contributed by atoms with Crippen LogP contribution in [0.5, 0.6) is 5.75 Å². The van der Waals surface area contributed by atoms with E-state index in [1.807, 2.05) is 6.92 Å². The van der Waals surface area contributed by atoms with Gasteiger partial charge in [-0.1, -0.05) is 11.6 Å². The maximum Gasteiger partial charge on any atom is 0.347 e. The van der Waals surface area contributed by atoms with Crippen molar-refractivity contribution in [2.45, 2.75) is 20.0 Å². The summed E-state index contributed by atoms with van der Waals surface area (Å²) < 4.78 is 15.4. The van der Waals surface area contributed by atoms with Crippen LogP contribution in [0.25, 0.3) is 0 Å². The molecule has 2 aromatic carbocycles. The molecule has 1 unspecified atom stereocenters.